The van der Waals surface area contributed by atoms with E-state index in [0.29, 0.717) is 6.54 Å². The van der Waals surface area contributed by atoms with E-state index in [1.165, 1.54) is 7.11 Å². The maximum Gasteiger partial charge on any atom is 0.323 e. The van der Waals surface area contributed by atoms with Crippen LogP contribution in [0.3, 0.4) is 0 Å². The Hall–Kier alpha value is -0.660. The SMILES string of the molecule is CC#CCN1CSCC1C(=O)OC. The van der Waals surface area contributed by atoms with E-state index in [2.05, 4.69) is 11.8 Å². The molecule has 0 bridgehead atoms. The quantitative estimate of drug-likeness (QED) is 0.480. The lowest BCUT2D eigenvalue weighted by atomic mass is 10.3. The van der Waals surface area contributed by atoms with E-state index >= 15 is 0 Å². The van der Waals surface area contributed by atoms with Crippen molar-refractivity contribution < 1.29 is 9.53 Å². The summed E-state index contributed by atoms with van der Waals surface area (Å²) >= 11 is 1.74. The second-order valence-corrected chi connectivity index (χ2v) is 3.71. The van der Waals surface area contributed by atoms with Gasteiger partial charge in [0.15, 0.2) is 0 Å². The number of methoxy groups -OCH3 is 1. The average molecular weight is 199 g/mol. The maximum absolute atomic E-state index is 11.3. The van der Waals surface area contributed by atoms with E-state index in [9.17, 15) is 4.79 Å². The molecule has 1 heterocycles. The predicted octanol–water partition coefficient (Wildman–Crippen LogP) is 0.558. The number of hydrogen-bond donors (Lipinski definition) is 0. The minimum atomic E-state index is -0.150. The smallest absolute Gasteiger partial charge is 0.323 e. The first-order valence-corrected chi connectivity index (χ1v) is 5.24. The number of ether oxygens (including phenoxy) is 1. The van der Waals surface area contributed by atoms with Crippen molar-refractivity contribution in [3.63, 3.8) is 0 Å². The second kappa shape index (κ2) is 5.15. The Kier molecular flexibility index (Phi) is 4.13. The van der Waals surface area contributed by atoms with Gasteiger partial charge in [-0.1, -0.05) is 5.92 Å². The molecular weight excluding hydrogens is 186 g/mol. The molecule has 0 amide bonds. The molecule has 13 heavy (non-hydrogen) atoms. The lowest BCUT2D eigenvalue weighted by molar-refractivity contribution is -0.145. The summed E-state index contributed by atoms with van der Waals surface area (Å²) in [4.78, 5) is 13.3. The Labute approximate surface area is 82.8 Å². The molecule has 0 aromatic heterocycles. The third-order valence-corrected chi connectivity index (χ3v) is 2.97. The Morgan fingerprint density at radius 3 is 3.15 bits per heavy atom. The van der Waals surface area contributed by atoms with Crippen LogP contribution in [0.4, 0.5) is 0 Å². The van der Waals surface area contributed by atoms with Gasteiger partial charge in [-0.2, -0.15) is 0 Å². The Morgan fingerprint density at radius 2 is 2.54 bits per heavy atom. The van der Waals surface area contributed by atoms with E-state index in [1.807, 2.05) is 4.90 Å². The Balaban J connectivity index is 2.51. The van der Waals surface area contributed by atoms with E-state index in [0.717, 1.165) is 11.6 Å². The summed E-state index contributed by atoms with van der Waals surface area (Å²) < 4.78 is 4.70. The molecule has 1 rings (SSSR count). The van der Waals surface area contributed by atoms with Crippen molar-refractivity contribution in [1.29, 1.82) is 0 Å². The fourth-order valence-electron chi connectivity index (χ4n) is 1.17. The van der Waals surface area contributed by atoms with Gasteiger partial charge in [0.25, 0.3) is 0 Å². The number of nitrogens with zero attached hydrogens (tertiary/aromatic N) is 1. The average Bonchev–Trinajstić information content (AvgIpc) is 2.61. The molecule has 1 saturated heterocycles. The van der Waals surface area contributed by atoms with Gasteiger partial charge in [0.1, 0.15) is 6.04 Å². The van der Waals surface area contributed by atoms with Crippen molar-refractivity contribution in [3.8, 4) is 11.8 Å². The highest BCUT2D eigenvalue weighted by molar-refractivity contribution is 7.99. The standard InChI is InChI=1S/C9H13NO2S/c1-3-4-5-10-7-13-6-8(10)9(11)12-2/h8H,5-7H2,1-2H3. The highest BCUT2D eigenvalue weighted by Gasteiger charge is 2.31. The van der Waals surface area contributed by atoms with Crippen molar-refractivity contribution >= 4 is 17.7 Å². The molecule has 0 aliphatic carbocycles. The summed E-state index contributed by atoms with van der Waals surface area (Å²) in [6.45, 7) is 2.46. The molecule has 3 nitrogen and oxygen atoms in total. The monoisotopic (exact) mass is 199 g/mol. The molecule has 0 aromatic carbocycles. The molecule has 0 radical (unpaired) electrons. The van der Waals surface area contributed by atoms with Crippen LogP contribution in [-0.2, 0) is 9.53 Å². The topological polar surface area (TPSA) is 29.5 Å². The Bertz CT molecular complexity index is 244. The highest BCUT2D eigenvalue weighted by Crippen LogP contribution is 2.20. The van der Waals surface area contributed by atoms with Crippen LogP contribution in [0.5, 0.6) is 0 Å². The summed E-state index contributed by atoms with van der Waals surface area (Å²) in [5.74, 6) is 7.31. The van der Waals surface area contributed by atoms with Crippen LogP contribution in [0.25, 0.3) is 0 Å². The molecular formula is C9H13NO2S. The fourth-order valence-corrected chi connectivity index (χ4v) is 2.35. The molecule has 4 heteroatoms. The van der Waals surface area contributed by atoms with Crippen molar-refractivity contribution in [2.75, 3.05) is 25.3 Å². The fraction of sp³-hybridized carbons (Fsp3) is 0.667. The first kappa shape index (κ1) is 10.4. The van der Waals surface area contributed by atoms with Gasteiger partial charge in [0.2, 0.25) is 0 Å². The second-order valence-electron chi connectivity index (χ2n) is 2.71. The minimum absolute atomic E-state index is 0.101. The number of carbonyl (C=O) groups is 1. The predicted molar refractivity (Wildman–Crippen MR) is 53.3 cm³/mol. The molecule has 1 fully saturated rings. The van der Waals surface area contributed by atoms with E-state index in [-0.39, 0.29) is 12.0 Å². The largest absolute Gasteiger partial charge is 0.468 e. The summed E-state index contributed by atoms with van der Waals surface area (Å²) in [6.07, 6.45) is 0. The zero-order chi connectivity index (χ0) is 9.68. The van der Waals surface area contributed by atoms with Crippen LogP contribution in [0.1, 0.15) is 6.92 Å². The molecule has 0 N–H and O–H groups in total. The van der Waals surface area contributed by atoms with Crippen LogP contribution in [0.15, 0.2) is 0 Å². The summed E-state index contributed by atoms with van der Waals surface area (Å²) in [6, 6.07) is -0.101. The van der Waals surface area contributed by atoms with Crippen LogP contribution in [0, 0.1) is 11.8 Å². The number of hydrogen-bond acceptors (Lipinski definition) is 4. The lowest BCUT2D eigenvalue weighted by Crippen LogP contribution is -2.38. The first-order chi connectivity index (χ1) is 6.29. The van der Waals surface area contributed by atoms with Gasteiger partial charge in [0.05, 0.1) is 13.7 Å². The maximum atomic E-state index is 11.3. The van der Waals surface area contributed by atoms with Gasteiger partial charge >= 0.3 is 5.97 Å². The van der Waals surface area contributed by atoms with Crippen LogP contribution < -0.4 is 0 Å². The van der Waals surface area contributed by atoms with E-state index < -0.39 is 0 Å². The highest BCUT2D eigenvalue weighted by atomic mass is 32.2. The molecule has 0 saturated carbocycles. The molecule has 1 aliphatic rings. The third kappa shape index (κ3) is 2.64. The van der Waals surface area contributed by atoms with Crippen molar-refractivity contribution in [2.45, 2.75) is 13.0 Å². The zero-order valence-electron chi connectivity index (χ0n) is 7.87. The minimum Gasteiger partial charge on any atom is -0.468 e. The van der Waals surface area contributed by atoms with Crippen molar-refractivity contribution in [2.24, 2.45) is 0 Å². The van der Waals surface area contributed by atoms with Gasteiger partial charge in [-0.25, -0.2) is 0 Å². The molecule has 1 atom stereocenters. The van der Waals surface area contributed by atoms with E-state index in [1.54, 1.807) is 18.7 Å². The summed E-state index contributed by atoms with van der Waals surface area (Å²) in [7, 11) is 1.43. The van der Waals surface area contributed by atoms with Crippen molar-refractivity contribution in [1.82, 2.24) is 4.90 Å². The molecule has 0 aromatic rings. The Morgan fingerprint density at radius 1 is 1.77 bits per heavy atom. The van der Waals surface area contributed by atoms with Gasteiger partial charge in [0, 0.05) is 11.6 Å². The molecule has 72 valence electrons. The number of esters is 1. The normalized spacial score (nSPS) is 22.2. The van der Waals surface area contributed by atoms with Crippen LogP contribution in [-0.4, -0.2) is 42.2 Å². The first-order valence-electron chi connectivity index (χ1n) is 4.08. The van der Waals surface area contributed by atoms with Gasteiger partial charge in [-0.05, 0) is 6.92 Å². The van der Waals surface area contributed by atoms with Crippen LogP contribution in [0.2, 0.25) is 0 Å². The van der Waals surface area contributed by atoms with Crippen molar-refractivity contribution in [3.05, 3.63) is 0 Å². The molecule has 1 aliphatic heterocycles. The van der Waals surface area contributed by atoms with Gasteiger partial charge in [-0.15, -0.1) is 17.7 Å². The summed E-state index contributed by atoms with van der Waals surface area (Å²) in [5.41, 5.74) is 0. The number of thioether (sulfide) groups is 1. The van der Waals surface area contributed by atoms with E-state index in [4.69, 9.17) is 4.74 Å². The van der Waals surface area contributed by atoms with Crippen LogP contribution >= 0.6 is 11.8 Å². The molecule has 1 unspecified atom stereocenters. The lowest BCUT2D eigenvalue weighted by Gasteiger charge is -2.18. The zero-order valence-corrected chi connectivity index (χ0v) is 8.69. The summed E-state index contributed by atoms with van der Waals surface area (Å²) in [5, 5.41) is 0. The third-order valence-electron chi connectivity index (χ3n) is 1.91. The number of carbonyl (C=O) groups excluding carboxylic acids is 1. The van der Waals surface area contributed by atoms with Gasteiger partial charge < -0.3 is 4.74 Å². The molecule has 0 spiro atoms. The van der Waals surface area contributed by atoms with Gasteiger partial charge in [-0.3, -0.25) is 9.69 Å². The number of rotatable bonds is 2.